The van der Waals surface area contributed by atoms with Crippen molar-refractivity contribution in [2.24, 2.45) is 0 Å². The summed E-state index contributed by atoms with van der Waals surface area (Å²) >= 11 is 0. The lowest BCUT2D eigenvalue weighted by Crippen LogP contribution is -2.24. The van der Waals surface area contributed by atoms with E-state index in [4.69, 9.17) is 0 Å². The molecule has 1 rings (SSSR count). The second kappa shape index (κ2) is 6.18. The summed E-state index contributed by atoms with van der Waals surface area (Å²) in [6.07, 6.45) is 4.41. The highest BCUT2D eigenvalue weighted by Gasteiger charge is 2.07. The minimum atomic E-state index is -0.318. The molecule has 0 fully saturated rings. The topological polar surface area (TPSA) is 55.4 Å². The van der Waals surface area contributed by atoms with Crippen molar-refractivity contribution in [3.8, 4) is 0 Å². The van der Waals surface area contributed by atoms with Crippen LogP contribution in [0.1, 0.15) is 27.2 Å². The molecular formula is C10H17NO3. The van der Waals surface area contributed by atoms with Crippen molar-refractivity contribution in [3.63, 3.8) is 0 Å². The molecule has 1 N–H and O–H groups in total. The normalized spacial score (nSPS) is 14.9. The summed E-state index contributed by atoms with van der Waals surface area (Å²) in [4.78, 5) is 19.9. The summed E-state index contributed by atoms with van der Waals surface area (Å²) in [5, 5.41) is 2.66. The fourth-order valence-electron chi connectivity index (χ4n) is 0.672. The first kappa shape index (κ1) is 12.7. The molecule has 0 aromatic carbocycles. The van der Waals surface area contributed by atoms with Crippen molar-refractivity contribution in [3.05, 3.63) is 12.2 Å². The Morgan fingerprint density at radius 3 is 2.29 bits per heavy atom. The Hall–Kier alpha value is -1.32. The van der Waals surface area contributed by atoms with Crippen molar-refractivity contribution >= 4 is 12.4 Å². The van der Waals surface area contributed by atoms with Gasteiger partial charge in [0.2, 0.25) is 5.91 Å². The number of carbonyl (C=O) groups is 2. The maximum atomic E-state index is 10.3. The summed E-state index contributed by atoms with van der Waals surface area (Å²) in [6, 6.07) is 0. The third kappa shape index (κ3) is 8.77. The van der Waals surface area contributed by atoms with Crippen molar-refractivity contribution in [2.45, 2.75) is 32.8 Å². The smallest absolute Gasteiger partial charge is 0.293 e. The highest BCUT2D eigenvalue weighted by atomic mass is 16.5. The minimum Gasteiger partial charge on any atom is -0.462 e. The zero-order chi connectivity index (χ0) is 11.0. The van der Waals surface area contributed by atoms with E-state index < -0.39 is 0 Å². The SMILES string of the molecule is CC(C)(C)OC=O.O=C1C=CCCN1. The van der Waals surface area contributed by atoms with Gasteiger partial charge in [-0.15, -0.1) is 0 Å². The molecule has 0 spiro atoms. The lowest BCUT2D eigenvalue weighted by molar-refractivity contribution is -0.138. The van der Waals surface area contributed by atoms with E-state index in [0.29, 0.717) is 6.47 Å². The summed E-state index contributed by atoms with van der Waals surface area (Å²) in [7, 11) is 0. The third-order valence-corrected chi connectivity index (χ3v) is 1.28. The minimum absolute atomic E-state index is 0.0336. The van der Waals surface area contributed by atoms with Gasteiger partial charge in [0.1, 0.15) is 5.60 Å². The summed E-state index contributed by atoms with van der Waals surface area (Å²) in [6.45, 7) is 6.72. The average molecular weight is 199 g/mol. The van der Waals surface area contributed by atoms with Gasteiger partial charge in [-0.3, -0.25) is 9.59 Å². The maximum Gasteiger partial charge on any atom is 0.293 e. The van der Waals surface area contributed by atoms with E-state index in [9.17, 15) is 9.59 Å². The first-order valence-corrected chi connectivity index (χ1v) is 4.51. The highest BCUT2D eigenvalue weighted by Crippen LogP contribution is 2.02. The Balaban J connectivity index is 0.000000241. The largest absolute Gasteiger partial charge is 0.462 e. The first-order valence-electron chi connectivity index (χ1n) is 4.51. The second-order valence-corrected chi connectivity index (χ2v) is 3.81. The number of amides is 1. The van der Waals surface area contributed by atoms with Gasteiger partial charge in [-0.05, 0) is 33.3 Å². The Kier molecular flexibility index (Phi) is 5.60. The quantitative estimate of drug-likeness (QED) is 0.641. The molecule has 4 nitrogen and oxygen atoms in total. The van der Waals surface area contributed by atoms with Gasteiger partial charge in [0.25, 0.3) is 6.47 Å². The van der Waals surface area contributed by atoms with Crippen LogP contribution in [0.4, 0.5) is 0 Å². The van der Waals surface area contributed by atoms with E-state index in [2.05, 4.69) is 10.1 Å². The molecule has 0 aromatic rings. The lowest BCUT2D eigenvalue weighted by atomic mass is 10.2. The number of nitrogens with one attached hydrogen (secondary N) is 1. The maximum absolute atomic E-state index is 10.3. The van der Waals surface area contributed by atoms with E-state index in [0.717, 1.165) is 13.0 Å². The first-order chi connectivity index (χ1) is 6.45. The molecule has 0 saturated carbocycles. The zero-order valence-corrected chi connectivity index (χ0v) is 8.87. The van der Waals surface area contributed by atoms with Crippen LogP contribution in [0.5, 0.6) is 0 Å². The summed E-state index contributed by atoms with van der Waals surface area (Å²) < 4.78 is 4.55. The molecule has 80 valence electrons. The fourth-order valence-corrected chi connectivity index (χ4v) is 0.672. The standard InChI is InChI=1S/C5H7NO.C5H10O2/c7-5-3-1-2-4-6-5;1-5(2,3)7-4-6/h1,3H,2,4H2,(H,6,7);4H,1-3H3. The van der Waals surface area contributed by atoms with Crippen LogP contribution in [0.2, 0.25) is 0 Å². The van der Waals surface area contributed by atoms with E-state index in [1.54, 1.807) is 6.08 Å². The summed E-state index contributed by atoms with van der Waals surface area (Å²) in [5.74, 6) is 0.0336. The molecule has 1 aliphatic rings. The summed E-state index contributed by atoms with van der Waals surface area (Å²) in [5.41, 5.74) is -0.318. The van der Waals surface area contributed by atoms with Crippen LogP contribution in [0.15, 0.2) is 12.2 Å². The average Bonchev–Trinajstić information content (AvgIpc) is 2.04. The molecule has 1 amide bonds. The fraction of sp³-hybridized carbons (Fsp3) is 0.600. The molecule has 1 aliphatic heterocycles. The molecule has 14 heavy (non-hydrogen) atoms. The highest BCUT2D eigenvalue weighted by molar-refractivity contribution is 5.88. The Labute approximate surface area is 84.3 Å². The van der Waals surface area contributed by atoms with Gasteiger partial charge >= 0.3 is 0 Å². The molecule has 4 heteroatoms. The molecular weight excluding hydrogens is 182 g/mol. The van der Waals surface area contributed by atoms with Crippen LogP contribution in [0.25, 0.3) is 0 Å². The number of ether oxygens (including phenoxy) is 1. The van der Waals surface area contributed by atoms with Crippen LogP contribution < -0.4 is 5.32 Å². The molecule has 0 atom stereocenters. The number of rotatable bonds is 1. The predicted octanol–water partition coefficient (Wildman–Crippen LogP) is 1.02. The van der Waals surface area contributed by atoms with Gasteiger partial charge in [0.15, 0.2) is 0 Å². The molecule has 0 saturated heterocycles. The third-order valence-electron chi connectivity index (χ3n) is 1.28. The zero-order valence-electron chi connectivity index (χ0n) is 8.87. The van der Waals surface area contributed by atoms with Gasteiger partial charge < -0.3 is 10.1 Å². The van der Waals surface area contributed by atoms with Gasteiger partial charge in [-0.2, -0.15) is 0 Å². The van der Waals surface area contributed by atoms with E-state index in [1.807, 2.05) is 26.8 Å². The van der Waals surface area contributed by atoms with Gasteiger partial charge in [0.05, 0.1) is 0 Å². The van der Waals surface area contributed by atoms with Crippen LogP contribution in [0.3, 0.4) is 0 Å². The molecule has 0 aliphatic carbocycles. The van der Waals surface area contributed by atoms with Gasteiger partial charge in [0, 0.05) is 6.54 Å². The van der Waals surface area contributed by atoms with Crippen LogP contribution in [0, 0.1) is 0 Å². The Morgan fingerprint density at radius 2 is 2.14 bits per heavy atom. The monoisotopic (exact) mass is 199 g/mol. The molecule has 0 unspecified atom stereocenters. The van der Waals surface area contributed by atoms with E-state index in [-0.39, 0.29) is 11.5 Å². The Bertz CT molecular complexity index is 216. The van der Waals surface area contributed by atoms with Crippen molar-refractivity contribution in [2.75, 3.05) is 6.54 Å². The van der Waals surface area contributed by atoms with Crippen LogP contribution >= 0.6 is 0 Å². The van der Waals surface area contributed by atoms with Crippen LogP contribution in [-0.4, -0.2) is 24.5 Å². The number of hydrogen-bond acceptors (Lipinski definition) is 3. The van der Waals surface area contributed by atoms with Crippen LogP contribution in [-0.2, 0) is 14.3 Å². The Morgan fingerprint density at radius 1 is 1.50 bits per heavy atom. The van der Waals surface area contributed by atoms with Gasteiger partial charge in [-0.1, -0.05) is 6.08 Å². The van der Waals surface area contributed by atoms with Crippen molar-refractivity contribution in [1.29, 1.82) is 0 Å². The van der Waals surface area contributed by atoms with E-state index >= 15 is 0 Å². The molecule has 0 radical (unpaired) electrons. The molecule has 0 aromatic heterocycles. The van der Waals surface area contributed by atoms with Crippen molar-refractivity contribution < 1.29 is 14.3 Å². The lowest BCUT2D eigenvalue weighted by Gasteiger charge is -2.14. The number of hydrogen-bond donors (Lipinski definition) is 1. The molecule has 1 heterocycles. The second-order valence-electron chi connectivity index (χ2n) is 3.81. The predicted molar refractivity (Wildman–Crippen MR) is 53.7 cm³/mol. The van der Waals surface area contributed by atoms with Crippen molar-refractivity contribution in [1.82, 2.24) is 5.32 Å². The van der Waals surface area contributed by atoms with E-state index in [1.165, 1.54) is 0 Å². The molecule has 0 bridgehead atoms. The van der Waals surface area contributed by atoms with Gasteiger partial charge in [-0.25, -0.2) is 0 Å². The number of carbonyl (C=O) groups excluding carboxylic acids is 2.